The highest BCUT2D eigenvalue weighted by atomic mass is 19.4. The number of methoxy groups -OCH3 is 1. The Morgan fingerprint density at radius 2 is 1.78 bits per heavy atom. The number of carboxylic acid groups (broad SMARTS) is 1. The Hall–Kier alpha value is -1.86. The summed E-state index contributed by atoms with van der Waals surface area (Å²) in [5.74, 6) is -7.58. The van der Waals surface area contributed by atoms with Crippen molar-refractivity contribution in [1.82, 2.24) is 0 Å². The lowest BCUT2D eigenvalue weighted by atomic mass is 10.0. The van der Waals surface area contributed by atoms with Crippen LogP contribution in [0.1, 0.15) is 11.1 Å². The van der Waals surface area contributed by atoms with Gasteiger partial charge in [0.15, 0.2) is 0 Å². The van der Waals surface area contributed by atoms with Crippen molar-refractivity contribution >= 4 is 5.97 Å². The smallest absolute Gasteiger partial charge is 0.419 e. The largest absolute Gasteiger partial charge is 0.496 e. The Balaban J connectivity index is 3.41. The Morgan fingerprint density at radius 1 is 1.22 bits per heavy atom. The molecule has 3 nitrogen and oxygen atoms in total. The molecule has 0 aliphatic heterocycles. The summed E-state index contributed by atoms with van der Waals surface area (Å²) in [6.07, 6.45) is -4.92. The van der Waals surface area contributed by atoms with Crippen molar-refractivity contribution in [1.29, 1.82) is 0 Å². The number of ether oxygens (including phenoxy) is 1. The van der Waals surface area contributed by atoms with E-state index in [-0.39, 0.29) is 6.07 Å². The molecule has 8 heteroatoms. The zero-order valence-electron chi connectivity index (χ0n) is 8.89. The Bertz CT molecular complexity index is 467. The van der Waals surface area contributed by atoms with Crippen LogP contribution in [-0.2, 0) is 16.9 Å². The van der Waals surface area contributed by atoms with Crippen LogP contribution in [0.4, 0.5) is 22.0 Å². The average molecular weight is 270 g/mol. The maximum absolute atomic E-state index is 13.1. The lowest BCUT2D eigenvalue weighted by Gasteiger charge is -2.16. The summed E-state index contributed by atoms with van der Waals surface area (Å²) >= 11 is 0. The molecular weight excluding hydrogens is 263 g/mol. The number of benzene rings is 1. The van der Waals surface area contributed by atoms with Crippen molar-refractivity contribution in [2.24, 2.45) is 0 Å². The number of carboxylic acids is 1. The number of carbonyl (C=O) groups is 1. The highest BCUT2D eigenvalue weighted by molar-refractivity contribution is 5.77. The van der Waals surface area contributed by atoms with Gasteiger partial charge >= 0.3 is 18.1 Å². The molecule has 1 aromatic rings. The molecule has 0 aliphatic carbocycles. The lowest BCUT2D eigenvalue weighted by Crippen LogP contribution is -2.26. The van der Waals surface area contributed by atoms with E-state index in [1.54, 1.807) is 0 Å². The van der Waals surface area contributed by atoms with E-state index in [0.29, 0.717) is 12.1 Å². The van der Waals surface area contributed by atoms with E-state index in [0.717, 1.165) is 7.11 Å². The normalized spacial score (nSPS) is 12.3. The second-order valence-electron chi connectivity index (χ2n) is 3.29. The summed E-state index contributed by atoms with van der Waals surface area (Å²) in [5.41, 5.74) is -2.72. The van der Waals surface area contributed by atoms with Crippen LogP contribution in [-0.4, -0.2) is 18.2 Å². The molecule has 0 aromatic heterocycles. The van der Waals surface area contributed by atoms with Crippen molar-refractivity contribution in [2.75, 3.05) is 7.11 Å². The van der Waals surface area contributed by atoms with Crippen LogP contribution in [0.2, 0.25) is 0 Å². The molecule has 0 aliphatic rings. The molecule has 1 N–H and O–H groups in total. The molecule has 0 unspecified atom stereocenters. The van der Waals surface area contributed by atoms with Gasteiger partial charge in [-0.1, -0.05) is 0 Å². The van der Waals surface area contributed by atoms with Gasteiger partial charge in [-0.2, -0.15) is 22.0 Å². The summed E-state index contributed by atoms with van der Waals surface area (Å²) in [6, 6.07) is 1.28. The first-order valence-corrected chi connectivity index (χ1v) is 4.47. The third-order valence-corrected chi connectivity index (χ3v) is 2.14. The van der Waals surface area contributed by atoms with E-state index in [4.69, 9.17) is 5.11 Å². The molecule has 0 saturated carbocycles. The van der Waals surface area contributed by atoms with Gasteiger partial charge in [-0.05, 0) is 18.2 Å². The first kappa shape index (κ1) is 14.2. The van der Waals surface area contributed by atoms with Gasteiger partial charge in [0, 0.05) is 5.56 Å². The quantitative estimate of drug-likeness (QED) is 0.859. The Morgan fingerprint density at radius 3 is 2.17 bits per heavy atom. The van der Waals surface area contributed by atoms with Crippen molar-refractivity contribution in [3.8, 4) is 5.75 Å². The van der Waals surface area contributed by atoms with Gasteiger partial charge in [0.1, 0.15) is 5.75 Å². The minimum absolute atomic E-state index is 0.0625. The maximum atomic E-state index is 13.1. The van der Waals surface area contributed by atoms with Crippen LogP contribution in [0.25, 0.3) is 0 Å². The molecule has 0 saturated heterocycles. The van der Waals surface area contributed by atoms with Gasteiger partial charge in [-0.3, -0.25) is 0 Å². The zero-order chi connectivity index (χ0) is 14.1. The van der Waals surface area contributed by atoms with E-state index in [1.807, 2.05) is 0 Å². The van der Waals surface area contributed by atoms with Crippen molar-refractivity contribution in [3.63, 3.8) is 0 Å². The topological polar surface area (TPSA) is 46.5 Å². The van der Waals surface area contributed by atoms with Crippen LogP contribution in [0, 0.1) is 0 Å². The molecule has 1 aromatic carbocycles. The first-order chi connectivity index (χ1) is 8.10. The molecule has 0 atom stereocenters. The number of rotatable bonds is 3. The number of hydrogen-bond acceptors (Lipinski definition) is 2. The third kappa shape index (κ3) is 2.52. The minimum atomic E-state index is -4.92. The highest BCUT2D eigenvalue weighted by Crippen LogP contribution is 2.39. The van der Waals surface area contributed by atoms with Crippen molar-refractivity contribution in [2.45, 2.75) is 12.1 Å². The predicted octanol–water partition coefficient (Wildman–Crippen LogP) is 2.89. The van der Waals surface area contributed by atoms with Gasteiger partial charge in [0.25, 0.3) is 0 Å². The van der Waals surface area contributed by atoms with Gasteiger partial charge in [0.05, 0.1) is 12.7 Å². The number of halogens is 5. The summed E-state index contributed by atoms with van der Waals surface area (Å²) in [6.45, 7) is 0. The molecule has 0 amide bonds. The molecule has 100 valence electrons. The van der Waals surface area contributed by atoms with Crippen molar-refractivity contribution < 1.29 is 36.6 Å². The van der Waals surface area contributed by atoms with E-state index < -0.39 is 34.9 Å². The molecule has 0 fully saturated rings. The van der Waals surface area contributed by atoms with E-state index in [9.17, 15) is 26.7 Å². The maximum Gasteiger partial charge on any atom is 0.419 e. The van der Waals surface area contributed by atoms with Crippen LogP contribution in [0.5, 0.6) is 5.75 Å². The van der Waals surface area contributed by atoms with E-state index in [2.05, 4.69) is 4.74 Å². The zero-order valence-corrected chi connectivity index (χ0v) is 8.89. The molecule has 0 bridgehead atoms. The van der Waals surface area contributed by atoms with Crippen molar-refractivity contribution in [3.05, 3.63) is 29.3 Å². The monoisotopic (exact) mass is 270 g/mol. The van der Waals surface area contributed by atoms with Gasteiger partial charge in [-0.25, -0.2) is 4.79 Å². The number of hydrogen-bond donors (Lipinski definition) is 1. The van der Waals surface area contributed by atoms with Gasteiger partial charge < -0.3 is 9.84 Å². The fourth-order valence-electron chi connectivity index (χ4n) is 1.25. The summed E-state index contributed by atoms with van der Waals surface area (Å²) < 4.78 is 68.1. The summed E-state index contributed by atoms with van der Waals surface area (Å²) in [7, 11) is 0.944. The predicted molar refractivity (Wildman–Crippen MR) is 49.5 cm³/mol. The van der Waals surface area contributed by atoms with E-state index >= 15 is 0 Å². The van der Waals surface area contributed by atoms with Crippen LogP contribution in [0.15, 0.2) is 18.2 Å². The lowest BCUT2D eigenvalue weighted by molar-refractivity contribution is -0.166. The SMILES string of the molecule is COc1ccc(C(F)(F)C(=O)O)cc1C(F)(F)F. The van der Waals surface area contributed by atoms with Gasteiger partial charge in [-0.15, -0.1) is 0 Å². The standard InChI is InChI=1S/C10H7F5O3/c1-18-7-3-2-5(9(11,12)8(16)17)4-6(7)10(13,14)15/h2-4H,1H3,(H,16,17). The fourth-order valence-corrected chi connectivity index (χ4v) is 1.25. The van der Waals surface area contributed by atoms with Crippen LogP contribution in [0.3, 0.4) is 0 Å². The summed E-state index contributed by atoms with van der Waals surface area (Å²) in [4.78, 5) is 10.3. The second-order valence-corrected chi connectivity index (χ2v) is 3.29. The van der Waals surface area contributed by atoms with Crippen LogP contribution >= 0.6 is 0 Å². The number of aliphatic carboxylic acids is 1. The molecular formula is C10H7F5O3. The molecule has 0 spiro atoms. The second kappa shape index (κ2) is 4.43. The summed E-state index contributed by atoms with van der Waals surface area (Å²) in [5, 5.41) is 8.25. The molecule has 1 rings (SSSR count). The number of alkyl halides is 5. The Labute approximate surface area is 97.8 Å². The molecule has 0 radical (unpaired) electrons. The molecule has 18 heavy (non-hydrogen) atoms. The highest BCUT2D eigenvalue weighted by Gasteiger charge is 2.43. The average Bonchev–Trinajstić information content (AvgIpc) is 2.26. The van der Waals surface area contributed by atoms with E-state index in [1.165, 1.54) is 0 Å². The van der Waals surface area contributed by atoms with Crippen LogP contribution < -0.4 is 4.74 Å². The Kier molecular flexibility index (Phi) is 3.50. The molecule has 0 heterocycles. The third-order valence-electron chi connectivity index (χ3n) is 2.14. The fraction of sp³-hybridized carbons (Fsp3) is 0.300. The van der Waals surface area contributed by atoms with Gasteiger partial charge in [0.2, 0.25) is 0 Å². The first-order valence-electron chi connectivity index (χ1n) is 4.47. The minimum Gasteiger partial charge on any atom is -0.496 e.